The summed E-state index contributed by atoms with van der Waals surface area (Å²) in [6.07, 6.45) is 4.06. The van der Waals surface area contributed by atoms with E-state index >= 15 is 0 Å². The van der Waals surface area contributed by atoms with E-state index in [1.807, 2.05) is 24.3 Å². The third kappa shape index (κ3) is 4.06. The molecule has 0 spiro atoms. The Morgan fingerprint density at radius 1 is 1.08 bits per heavy atom. The number of nitrogens with one attached hydrogen (secondary N) is 1. The summed E-state index contributed by atoms with van der Waals surface area (Å²) in [6, 6.07) is 12.3. The quantitative estimate of drug-likeness (QED) is 0.881. The van der Waals surface area contributed by atoms with E-state index in [0.29, 0.717) is 12.8 Å². The Bertz CT molecular complexity index is 990. The van der Waals surface area contributed by atoms with Gasteiger partial charge in [-0.1, -0.05) is 30.3 Å². The fourth-order valence-corrected chi connectivity index (χ4v) is 3.94. The lowest BCUT2D eigenvalue weighted by atomic mass is 9.98. The molecule has 130 valence electrons. The highest BCUT2D eigenvalue weighted by molar-refractivity contribution is 7.94. The van der Waals surface area contributed by atoms with Crippen molar-refractivity contribution >= 4 is 22.0 Å². The molecule has 1 aliphatic carbocycles. The van der Waals surface area contributed by atoms with E-state index in [9.17, 15) is 18.0 Å². The molecule has 0 saturated carbocycles. The van der Waals surface area contributed by atoms with E-state index in [1.54, 1.807) is 24.4 Å². The van der Waals surface area contributed by atoms with E-state index in [-0.39, 0.29) is 23.4 Å². The topological polar surface area (TPSA) is 85.2 Å². The minimum Gasteiger partial charge on any atom is -0.315 e. The van der Waals surface area contributed by atoms with Crippen LogP contribution in [0.3, 0.4) is 0 Å². The first-order chi connectivity index (χ1) is 12.0. The van der Waals surface area contributed by atoms with Crippen molar-refractivity contribution in [1.82, 2.24) is 9.29 Å². The molecule has 0 atom stereocenters. The highest BCUT2D eigenvalue weighted by atomic mass is 32.2. The maximum Gasteiger partial charge on any atom is 0.260 e. The predicted octanol–water partition coefficient (Wildman–Crippen LogP) is 1.67. The number of allylic oxidation sites excluding steroid dienone is 1. The van der Waals surface area contributed by atoms with Gasteiger partial charge in [0, 0.05) is 25.2 Å². The van der Waals surface area contributed by atoms with Crippen molar-refractivity contribution in [2.75, 3.05) is 0 Å². The second-order valence-electron chi connectivity index (χ2n) is 5.82. The van der Waals surface area contributed by atoms with E-state index in [0.717, 1.165) is 11.1 Å². The van der Waals surface area contributed by atoms with E-state index in [4.69, 9.17) is 0 Å². The number of rotatable bonds is 5. The van der Waals surface area contributed by atoms with E-state index in [1.165, 1.54) is 10.6 Å². The number of sulfonamides is 1. The molecule has 1 aliphatic rings. The molecular weight excluding hydrogens is 340 g/mol. The molecule has 2 aromatic rings. The molecule has 1 aromatic heterocycles. The van der Waals surface area contributed by atoms with Crippen LogP contribution in [0.1, 0.15) is 24.0 Å². The Hall–Kier alpha value is -2.67. The molecule has 0 bridgehead atoms. The third-order valence-corrected chi connectivity index (χ3v) is 5.59. The minimum absolute atomic E-state index is 0.0903. The molecule has 7 heteroatoms. The van der Waals surface area contributed by atoms with Crippen LogP contribution in [-0.2, 0) is 27.8 Å². The number of benzene rings is 1. The van der Waals surface area contributed by atoms with Gasteiger partial charge in [-0.25, -0.2) is 13.1 Å². The highest BCUT2D eigenvalue weighted by Gasteiger charge is 2.23. The number of carbonyl (C=O) groups is 1. The first kappa shape index (κ1) is 17.2. The fraction of sp³-hybridized carbons (Fsp3) is 0.222. The normalized spacial score (nSPS) is 13.7. The van der Waals surface area contributed by atoms with Crippen LogP contribution < -0.4 is 10.3 Å². The monoisotopic (exact) mass is 358 g/mol. The summed E-state index contributed by atoms with van der Waals surface area (Å²) >= 11 is 0. The van der Waals surface area contributed by atoms with Crippen LogP contribution in [0.2, 0.25) is 0 Å². The lowest BCUT2D eigenvalue weighted by molar-refractivity contribution is -0.119. The number of nitrogens with zero attached hydrogens (tertiary/aromatic N) is 1. The van der Waals surface area contributed by atoms with Gasteiger partial charge in [-0.2, -0.15) is 0 Å². The predicted molar refractivity (Wildman–Crippen MR) is 95.1 cm³/mol. The molecule has 1 amide bonds. The van der Waals surface area contributed by atoms with Gasteiger partial charge in [-0.05, 0) is 36.1 Å². The van der Waals surface area contributed by atoms with Crippen LogP contribution in [0.15, 0.2) is 58.4 Å². The second-order valence-corrected chi connectivity index (χ2v) is 7.56. The van der Waals surface area contributed by atoms with Gasteiger partial charge in [0.25, 0.3) is 15.6 Å². The molecule has 1 heterocycles. The Balaban J connectivity index is 1.68. The molecule has 3 rings (SSSR count). The Labute approximate surface area is 145 Å². The molecule has 0 aliphatic heterocycles. The SMILES string of the molecule is O=C(CCn1ccccc1=O)NS(=O)(=O)C1=Cc2ccccc2CC1. The standard InChI is InChI=1S/C18H18N2O4S/c21-17(10-12-20-11-4-3-7-18(20)22)19-25(23,24)16-9-8-14-5-1-2-6-15(14)13-16/h1-7,11,13H,8-10,12H2,(H,19,21). The van der Waals surface area contributed by atoms with Gasteiger partial charge < -0.3 is 4.57 Å². The number of aryl methyl sites for hydroxylation is 2. The van der Waals surface area contributed by atoms with Crippen molar-refractivity contribution in [3.63, 3.8) is 0 Å². The summed E-state index contributed by atoms with van der Waals surface area (Å²) in [5.74, 6) is -0.629. The van der Waals surface area contributed by atoms with Crippen molar-refractivity contribution in [2.45, 2.75) is 25.8 Å². The zero-order valence-electron chi connectivity index (χ0n) is 13.5. The van der Waals surface area contributed by atoms with Crippen molar-refractivity contribution in [1.29, 1.82) is 0 Å². The molecule has 0 unspecified atom stereocenters. The van der Waals surface area contributed by atoms with Crippen LogP contribution in [-0.4, -0.2) is 18.9 Å². The molecule has 0 saturated heterocycles. The average molecular weight is 358 g/mol. The van der Waals surface area contributed by atoms with Crippen molar-refractivity contribution in [3.05, 3.63) is 75.0 Å². The molecule has 0 fully saturated rings. The van der Waals surface area contributed by atoms with Crippen LogP contribution in [0.25, 0.3) is 6.08 Å². The Morgan fingerprint density at radius 3 is 2.64 bits per heavy atom. The van der Waals surface area contributed by atoms with Gasteiger partial charge in [0.2, 0.25) is 5.91 Å². The number of hydrogen-bond donors (Lipinski definition) is 1. The minimum atomic E-state index is -3.87. The zero-order valence-corrected chi connectivity index (χ0v) is 14.3. The third-order valence-electron chi connectivity index (χ3n) is 4.08. The Morgan fingerprint density at radius 2 is 1.84 bits per heavy atom. The molecule has 1 aromatic carbocycles. The van der Waals surface area contributed by atoms with Crippen LogP contribution in [0, 0.1) is 0 Å². The summed E-state index contributed by atoms with van der Waals surface area (Å²) < 4.78 is 28.3. The maximum atomic E-state index is 12.4. The van der Waals surface area contributed by atoms with Crippen molar-refractivity contribution in [2.24, 2.45) is 0 Å². The van der Waals surface area contributed by atoms with Gasteiger partial charge in [0.05, 0.1) is 4.91 Å². The number of hydrogen-bond acceptors (Lipinski definition) is 4. The summed E-state index contributed by atoms with van der Waals surface area (Å²) in [5.41, 5.74) is 1.72. The first-order valence-corrected chi connectivity index (χ1v) is 9.44. The van der Waals surface area contributed by atoms with Gasteiger partial charge in [0.1, 0.15) is 0 Å². The van der Waals surface area contributed by atoms with Crippen LogP contribution >= 0.6 is 0 Å². The lowest BCUT2D eigenvalue weighted by Crippen LogP contribution is -2.33. The summed E-state index contributed by atoms with van der Waals surface area (Å²) in [7, 11) is -3.87. The van der Waals surface area contributed by atoms with E-state index < -0.39 is 15.9 Å². The van der Waals surface area contributed by atoms with Gasteiger partial charge in [-0.15, -0.1) is 0 Å². The Kier molecular flexibility index (Phi) is 4.85. The van der Waals surface area contributed by atoms with Crippen molar-refractivity contribution < 1.29 is 13.2 Å². The number of aromatic nitrogens is 1. The highest BCUT2D eigenvalue weighted by Crippen LogP contribution is 2.26. The number of fused-ring (bicyclic) bond motifs is 1. The second kappa shape index (κ2) is 7.06. The van der Waals surface area contributed by atoms with Gasteiger partial charge >= 0.3 is 0 Å². The molecular formula is C18H18N2O4S. The zero-order chi connectivity index (χ0) is 17.9. The fourth-order valence-electron chi connectivity index (χ4n) is 2.75. The summed E-state index contributed by atoms with van der Waals surface area (Å²) in [5, 5.41) is 0. The molecule has 1 N–H and O–H groups in total. The molecule has 6 nitrogen and oxygen atoms in total. The van der Waals surface area contributed by atoms with Crippen LogP contribution in [0.4, 0.5) is 0 Å². The van der Waals surface area contributed by atoms with E-state index in [2.05, 4.69) is 4.72 Å². The number of pyridine rings is 1. The largest absolute Gasteiger partial charge is 0.315 e. The smallest absolute Gasteiger partial charge is 0.260 e. The average Bonchev–Trinajstić information content (AvgIpc) is 2.60. The van der Waals surface area contributed by atoms with Crippen molar-refractivity contribution in [3.8, 4) is 0 Å². The molecule has 25 heavy (non-hydrogen) atoms. The molecule has 0 radical (unpaired) electrons. The number of amides is 1. The first-order valence-electron chi connectivity index (χ1n) is 7.95. The summed E-state index contributed by atoms with van der Waals surface area (Å²) in [4.78, 5) is 23.8. The van der Waals surface area contributed by atoms with Gasteiger partial charge in [0.15, 0.2) is 0 Å². The number of carbonyl (C=O) groups excluding carboxylic acids is 1. The summed E-state index contributed by atoms with van der Waals surface area (Å²) in [6.45, 7) is 0.128. The lowest BCUT2D eigenvalue weighted by Gasteiger charge is -2.17. The van der Waals surface area contributed by atoms with Crippen LogP contribution in [0.5, 0.6) is 0 Å². The maximum absolute atomic E-state index is 12.4. The van der Waals surface area contributed by atoms with Gasteiger partial charge in [-0.3, -0.25) is 9.59 Å².